The number of benzene rings is 1. The van der Waals surface area contributed by atoms with Crippen molar-refractivity contribution in [3.05, 3.63) is 46.3 Å². The van der Waals surface area contributed by atoms with E-state index in [0.717, 1.165) is 27.8 Å². The predicted molar refractivity (Wildman–Crippen MR) is 97.3 cm³/mol. The standard InChI is InChI=1S/C17H19N3O2S/c1-10(2)18-17-20-13(6-7-23-17)15-9-16(21)12-5-4-11(22-3)8-14(12)19-15/h4-6,8-10H,7H2,1-3H3,(H,18,20)(H,19,21). The molecule has 0 fully saturated rings. The number of hydrogen-bond donors (Lipinski definition) is 2. The van der Waals surface area contributed by atoms with E-state index in [-0.39, 0.29) is 11.5 Å². The summed E-state index contributed by atoms with van der Waals surface area (Å²) in [7, 11) is 1.61. The van der Waals surface area contributed by atoms with E-state index in [1.807, 2.05) is 19.9 Å². The lowest BCUT2D eigenvalue weighted by molar-refractivity contribution is 0.415. The van der Waals surface area contributed by atoms with E-state index in [0.29, 0.717) is 11.1 Å². The molecule has 0 bridgehead atoms. The first-order valence-corrected chi connectivity index (χ1v) is 8.44. The van der Waals surface area contributed by atoms with Gasteiger partial charge in [0, 0.05) is 29.3 Å². The number of aromatic nitrogens is 1. The minimum Gasteiger partial charge on any atom is -0.497 e. The summed E-state index contributed by atoms with van der Waals surface area (Å²) in [5, 5.41) is 4.82. The van der Waals surface area contributed by atoms with Gasteiger partial charge in [0.05, 0.1) is 24.0 Å². The summed E-state index contributed by atoms with van der Waals surface area (Å²) in [6.07, 6.45) is 2.06. The minimum atomic E-state index is -0.0142. The van der Waals surface area contributed by atoms with Crippen molar-refractivity contribution in [2.45, 2.75) is 19.9 Å². The molecule has 2 N–H and O–H groups in total. The Bertz CT molecular complexity index is 853. The lowest BCUT2D eigenvalue weighted by atomic mass is 10.1. The summed E-state index contributed by atoms with van der Waals surface area (Å²) in [6, 6.07) is 7.25. The van der Waals surface area contributed by atoms with Gasteiger partial charge in [-0.3, -0.25) is 9.79 Å². The van der Waals surface area contributed by atoms with Crippen LogP contribution in [0.4, 0.5) is 0 Å². The van der Waals surface area contributed by atoms with Crippen molar-refractivity contribution in [2.24, 2.45) is 4.99 Å². The molecule has 1 aromatic carbocycles. The van der Waals surface area contributed by atoms with Crippen LogP contribution in [-0.2, 0) is 0 Å². The fourth-order valence-electron chi connectivity index (χ4n) is 2.39. The molecule has 1 aliphatic rings. The Morgan fingerprint density at radius 2 is 2.13 bits per heavy atom. The van der Waals surface area contributed by atoms with Gasteiger partial charge in [-0.2, -0.15) is 0 Å². The zero-order valence-corrected chi connectivity index (χ0v) is 14.2. The van der Waals surface area contributed by atoms with Crippen molar-refractivity contribution in [3.8, 4) is 5.75 Å². The van der Waals surface area contributed by atoms with Crippen LogP contribution in [0, 0.1) is 0 Å². The van der Waals surface area contributed by atoms with Crippen molar-refractivity contribution in [1.82, 2.24) is 10.3 Å². The van der Waals surface area contributed by atoms with Crippen LogP contribution >= 0.6 is 11.8 Å². The number of pyridine rings is 1. The van der Waals surface area contributed by atoms with Gasteiger partial charge in [-0.25, -0.2) is 0 Å². The van der Waals surface area contributed by atoms with Crippen LogP contribution in [0.25, 0.3) is 16.6 Å². The molecule has 6 heteroatoms. The first-order valence-electron chi connectivity index (χ1n) is 7.46. The molecule has 0 radical (unpaired) electrons. The number of ether oxygens (including phenoxy) is 1. The van der Waals surface area contributed by atoms with Gasteiger partial charge in [0.2, 0.25) is 0 Å². The second-order valence-corrected chi connectivity index (χ2v) is 6.55. The molecule has 3 rings (SSSR count). The molecule has 0 atom stereocenters. The van der Waals surface area contributed by atoms with Crippen LogP contribution in [-0.4, -0.2) is 29.1 Å². The molecule has 0 saturated heterocycles. The quantitative estimate of drug-likeness (QED) is 0.908. The highest BCUT2D eigenvalue weighted by Gasteiger charge is 2.14. The predicted octanol–water partition coefficient (Wildman–Crippen LogP) is 2.98. The number of fused-ring (bicyclic) bond motifs is 1. The van der Waals surface area contributed by atoms with Crippen molar-refractivity contribution >= 4 is 33.5 Å². The van der Waals surface area contributed by atoms with Gasteiger partial charge in [-0.15, -0.1) is 0 Å². The fraction of sp³-hybridized carbons (Fsp3) is 0.294. The molecule has 0 aliphatic carbocycles. The molecule has 0 saturated carbocycles. The number of aromatic amines is 1. The zero-order chi connectivity index (χ0) is 16.4. The highest BCUT2D eigenvalue weighted by molar-refractivity contribution is 8.14. The van der Waals surface area contributed by atoms with E-state index in [9.17, 15) is 4.79 Å². The van der Waals surface area contributed by atoms with Gasteiger partial charge in [0.15, 0.2) is 10.6 Å². The van der Waals surface area contributed by atoms with Crippen molar-refractivity contribution < 1.29 is 4.74 Å². The maximum atomic E-state index is 12.3. The van der Waals surface area contributed by atoms with E-state index in [4.69, 9.17) is 4.74 Å². The van der Waals surface area contributed by atoms with Crippen LogP contribution in [0.2, 0.25) is 0 Å². The van der Waals surface area contributed by atoms with Crippen LogP contribution in [0.15, 0.2) is 40.1 Å². The molecular formula is C17H19N3O2S. The Balaban J connectivity index is 2.03. The van der Waals surface area contributed by atoms with Gasteiger partial charge in [-0.05, 0) is 32.1 Å². The molecule has 120 valence electrons. The molecule has 1 aliphatic heterocycles. The first-order chi connectivity index (χ1) is 11.1. The SMILES string of the molecule is COc1ccc2c(=O)cc(C3=CCSC(=NC(C)C)N3)[nH]c2c1. The number of nitrogens with one attached hydrogen (secondary N) is 2. The minimum absolute atomic E-state index is 0.0142. The highest BCUT2D eigenvalue weighted by atomic mass is 32.2. The molecule has 0 spiro atoms. The Morgan fingerprint density at radius 3 is 2.87 bits per heavy atom. The number of aliphatic imine (C=N–C) groups is 1. The zero-order valence-electron chi connectivity index (χ0n) is 13.3. The van der Waals surface area contributed by atoms with Crippen LogP contribution in [0.1, 0.15) is 19.5 Å². The number of H-pyrrole nitrogens is 1. The molecule has 0 unspecified atom stereocenters. The van der Waals surface area contributed by atoms with Gasteiger partial charge in [0.25, 0.3) is 0 Å². The average molecular weight is 329 g/mol. The molecule has 2 heterocycles. The average Bonchev–Trinajstić information content (AvgIpc) is 2.53. The van der Waals surface area contributed by atoms with E-state index in [1.165, 1.54) is 0 Å². The van der Waals surface area contributed by atoms with Gasteiger partial charge < -0.3 is 15.0 Å². The first kappa shape index (κ1) is 15.7. The highest BCUT2D eigenvalue weighted by Crippen LogP contribution is 2.21. The van der Waals surface area contributed by atoms with Gasteiger partial charge >= 0.3 is 0 Å². The number of methoxy groups -OCH3 is 1. The Labute approximate surface area is 138 Å². The maximum absolute atomic E-state index is 12.3. The molecule has 5 nitrogen and oxygen atoms in total. The third-order valence-electron chi connectivity index (χ3n) is 3.45. The smallest absolute Gasteiger partial charge is 0.190 e. The Kier molecular flexibility index (Phi) is 4.43. The van der Waals surface area contributed by atoms with E-state index >= 15 is 0 Å². The molecule has 2 aromatic rings. The second-order valence-electron chi connectivity index (χ2n) is 5.54. The third kappa shape index (κ3) is 3.42. The Hall–Kier alpha value is -2.21. The molecular weight excluding hydrogens is 310 g/mol. The normalized spacial score (nSPS) is 16.5. The number of amidine groups is 1. The molecule has 0 amide bonds. The van der Waals surface area contributed by atoms with Crippen LogP contribution in [0.5, 0.6) is 5.75 Å². The maximum Gasteiger partial charge on any atom is 0.190 e. The monoisotopic (exact) mass is 329 g/mol. The summed E-state index contributed by atoms with van der Waals surface area (Å²) in [4.78, 5) is 20.2. The number of rotatable bonds is 3. The summed E-state index contributed by atoms with van der Waals surface area (Å²) in [5.74, 6) is 1.54. The Morgan fingerprint density at radius 1 is 1.30 bits per heavy atom. The van der Waals surface area contributed by atoms with E-state index < -0.39 is 0 Å². The summed E-state index contributed by atoms with van der Waals surface area (Å²) >= 11 is 1.65. The number of nitrogens with zero attached hydrogens (tertiary/aromatic N) is 1. The summed E-state index contributed by atoms with van der Waals surface area (Å²) in [6.45, 7) is 4.08. The van der Waals surface area contributed by atoms with Crippen LogP contribution in [0.3, 0.4) is 0 Å². The summed E-state index contributed by atoms with van der Waals surface area (Å²) < 4.78 is 5.23. The molecule has 23 heavy (non-hydrogen) atoms. The third-order valence-corrected chi connectivity index (χ3v) is 4.27. The number of hydrogen-bond acceptors (Lipinski definition) is 4. The van der Waals surface area contributed by atoms with Crippen LogP contribution < -0.4 is 15.5 Å². The lowest BCUT2D eigenvalue weighted by Gasteiger charge is -2.18. The van der Waals surface area contributed by atoms with Gasteiger partial charge in [-0.1, -0.05) is 11.8 Å². The van der Waals surface area contributed by atoms with E-state index in [2.05, 4.69) is 21.4 Å². The van der Waals surface area contributed by atoms with Crippen molar-refractivity contribution in [1.29, 1.82) is 0 Å². The largest absolute Gasteiger partial charge is 0.497 e. The second kappa shape index (κ2) is 6.50. The molecule has 1 aromatic heterocycles. The topological polar surface area (TPSA) is 66.5 Å². The van der Waals surface area contributed by atoms with Gasteiger partial charge in [0.1, 0.15) is 5.75 Å². The fourth-order valence-corrected chi connectivity index (χ4v) is 3.27. The van der Waals surface area contributed by atoms with Crippen molar-refractivity contribution in [3.63, 3.8) is 0 Å². The van der Waals surface area contributed by atoms with Crippen molar-refractivity contribution in [2.75, 3.05) is 12.9 Å². The lowest BCUT2D eigenvalue weighted by Crippen LogP contribution is -2.25. The van der Waals surface area contributed by atoms with E-state index in [1.54, 1.807) is 37.1 Å². The summed E-state index contributed by atoms with van der Waals surface area (Å²) in [5.41, 5.74) is 2.38. The number of thioether (sulfide) groups is 1.